The van der Waals surface area contributed by atoms with Crippen molar-refractivity contribution < 1.29 is 9.90 Å². The number of aliphatic hydroxyl groups is 1. The van der Waals surface area contributed by atoms with Crippen LogP contribution in [0.25, 0.3) is 0 Å². The quantitative estimate of drug-likeness (QED) is 0.732. The Morgan fingerprint density at radius 2 is 2.15 bits per heavy atom. The van der Waals surface area contributed by atoms with E-state index in [2.05, 4.69) is 15.3 Å². The molecule has 0 aliphatic carbocycles. The van der Waals surface area contributed by atoms with Crippen LogP contribution in [0, 0.1) is 0 Å². The summed E-state index contributed by atoms with van der Waals surface area (Å²) in [7, 11) is 0. The molecule has 0 bridgehead atoms. The average molecular weight is 310 g/mol. The van der Waals surface area contributed by atoms with Gasteiger partial charge in [-0.25, -0.2) is 4.98 Å². The standard InChI is InChI=1S/C12H8ClN3O3S/c13-6-3-5-7(15-11(19)10(5)18)4-8(6)20-12-14-2-1-9(17)16-12/h1-4,10,18H,(H,15,19)(H,14,16,17). The number of anilines is 1. The first-order chi connectivity index (χ1) is 9.54. The topological polar surface area (TPSA) is 95.1 Å². The normalized spacial score (nSPS) is 16.9. The molecule has 1 aliphatic rings. The van der Waals surface area contributed by atoms with Gasteiger partial charge in [0, 0.05) is 28.4 Å². The summed E-state index contributed by atoms with van der Waals surface area (Å²) in [5, 5.41) is 13.0. The Kier molecular flexibility index (Phi) is 3.25. The summed E-state index contributed by atoms with van der Waals surface area (Å²) < 4.78 is 0. The number of aromatic nitrogens is 2. The fraction of sp³-hybridized carbons (Fsp3) is 0.0833. The molecule has 1 aromatic carbocycles. The van der Waals surface area contributed by atoms with Crippen LogP contribution in [0.2, 0.25) is 5.02 Å². The van der Waals surface area contributed by atoms with Crippen molar-refractivity contribution in [1.29, 1.82) is 0 Å². The number of aromatic amines is 1. The van der Waals surface area contributed by atoms with E-state index in [0.29, 0.717) is 26.3 Å². The molecule has 1 unspecified atom stereocenters. The number of carbonyl (C=O) groups is 1. The maximum atomic E-state index is 11.4. The summed E-state index contributed by atoms with van der Waals surface area (Å²) in [6.07, 6.45) is 0.199. The number of hydrogen-bond donors (Lipinski definition) is 3. The van der Waals surface area contributed by atoms with Crippen molar-refractivity contribution in [1.82, 2.24) is 9.97 Å². The second-order valence-corrected chi connectivity index (χ2v) is 5.54. The molecular weight excluding hydrogens is 302 g/mol. The second-order valence-electron chi connectivity index (χ2n) is 4.10. The molecule has 0 radical (unpaired) electrons. The molecule has 0 saturated carbocycles. The largest absolute Gasteiger partial charge is 0.378 e. The van der Waals surface area contributed by atoms with Crippen molar-refractivity contribution in [2.45, 2.75) is 16.2 Å². The Morgan fingerprint density at radius 3 is 2.90 bits per heavy atom. The number of rotatable bonds is 2. The highest BCUT2D eigenvalue weighted by Crippen LogP contribution is 2.40. The molecule has 6 nitrogen and oxygen atoms in total. The fourth-order valence-corrected chi connectivity index (χ4v) is 2.93. The first-order valence-electron chi connectivity index (χ1n) is 5.60. The van der Waals surface area contributed by atoms with E-state index >= 15 is 0 Å². The van der Waals surface area contributed by atoms with Gasteiger partial charge in [0.2, 0.25) is 0 Å². The summed E-state index contributed by atoms with van der Waals surface area (Å²) in [5.41, 5.74) is 0.690. The molecule has 102 valence electrons. The van der Waals surface area contributed by atoms with Gasteiger partial charge in [0.25, 0.3) is 11.5 Å². The number of aliphatic hydroxyl groups excluding tert-OH is 1. The molecular formula is C12H8ClN3O3S. The number of nitrogens with one attached hydrogen (secondary N) is 2. The molecule has 1 aliphatic heterocycles. The predicted octanol–water partition coefficient (Wildman–Crippen LogP) is 1.56. The monoisotopic (exact) mass is 309 g/mol. The molecule has 3 N–H and O–H groups in total. The highest BCUT2D eigenvalue weighted by molar-refractivity contribution is 7.99. The van der Waals surface area contributed by atoms with Gasteiger partial charge in [-0.2, -0.15) is 0 Å². The van der Waals surface area contributed by atoms with Crippen LogP contribution in [-0.2, 0) is 4.79 Å². The first-order valence-corrected chi connectivity index (χ1v) is 6.79. The third-order valence-electron chi connectivity index (χ3n) is 2.76. The summed E-state index contributed by atoms with van der Waals surface area (Å²) >= 11 is 7.29. The number of H-pyrrole nitrogens is 1. The number of halogens is 1. The van der Waals surface area contributed by atoms with Gasteiger partial charge in [0.1, 0.15) is 0 Å². The molecule has 1 amide bonds. The Balaban J connectivity index is 1.98. The summed E-state index contributed by atoms with van der Waals surface area (Å²) in [5.74, 6) is -0.482. The predicted molar refractivity (Wildman–Crippen MR) is 74.0 cm³/mol. The zero-order chi connectivity index (χ0) is 14.3. The molecule has 0 saturated heterocycles. The maximum Gasteiger partial charge on any atom is 0.257 e. The average Bonchev–Trinajstić information content (AvgIpc) is 2.66. The molecule has 1 atom stereocenters. The van der Waals surface area contributed by atoms with Gasteiger partial charge < -0.3 is 15.4 Å². The number of amides is 1. The Labute approximate surface area is 122 Å². The van der Waals surface area contributed by atoms with Crippen LogP contribution >= 0.6 is 23.4 Å². The number of fused-ring (bicyclic) bond motifs is 1. The molecule has 20 heavy (non-hydrogen) atoms. The fourth-order valence-electron chi connectivity index (χ4n) is 1.83. The molecule has 8 heteroatoms. The highest BCUT2D eigenvalue weighted by Gasteiger charge is 2.29. The van der Waals surface area contributed by atoms with E-state index in [9.17, 15) is 14.7 Å². The van der Waals surface area contributed by atoms with E-state index in [4.69, 9.17) is 11.6 Å². The van der Waals surface area contributed by atoms with Crippen molar-refractivity contribution in [3.05, 3.63) is 45.3 Å². The van der Waals surface area contributed by atoms with Gasteiger partial charge in [-0.05, 0) is 12.1 Å². The van der Waals surface area contributed by atoms with Crippen LogP contribution in [0.3, 0.4) is 0 Å². The third kappa shape index (κ3) is 2.31. The zero-order valence-electron chi connectivity index (χ0n) is 9.88. The summed E-state index contributed by atoms with van der Waals surface area (Å²) in [6, 6.07) is 4.48. The molecule has 2 aromatic rings. The summed E-state index contributed by atoms with van der Waals surface area (Å²) in [4.78, 5) is 29.8. The van der Waals surface area contributed by atoms with Gasteiger partial charge in [-0.15, -0.1) is 0 Å². The van der Waals surface area contributed by atoms with Crippen molar-refractivity contribution in [2.75, 3.05) is 5.32 Å². The number of benzene rings is 1. The van der Waals surface area contributed by atoms with Gasteiger partial charge in [0.05, 0.1) is 5.02 Å². The minimum Gasteiger partial charge on any atom is -0.378 e. The molecule has 1 aromatic heterocycles. The molecule has 0 fully saturated rings. The molecule has 3 rings (SSSR count). The van der Waals surface area contributed by atoms with Crippen molar-refractivity contribution in [3.8, 4) is 0 Å². The second kappa shape index (κ2) is 4.93. The van der Waals surface area contributed by atoms with Crippen molar-refractivity contribution >= 4 is 35.0 Å². The highest BCUT2D eigenvalue weighted by atomic mass is 35.5. The zero-order valence-corrected chi connectivity index (χ0v) is 11.5. The minimum absolute atomic E-state index is 0.261. The lowest BCUT2D eigenvalue weighted by atomic mass is 10.1. The molecule has 2 heterocycles. The van der Waals surface area contributed by atoms with E-state index < -0.39 is 12.0 Å². The van der Waals surface area contributed by atoms with E-state index in [-0.39, 0.29) is 5.56 Å². The van der Waals surface area contributed by atoms with E-state index in [1.54, 1.807) is 6.07 Å². The van der Waals surface area contributed by atoms with E-state index in [1.165, 1.54) is 30.1 Å². The number of hydrogen-bond acceptors (Lipinski definition) is 5. The van der Waals surface area contributed by atoms with Crippen LogP contribution in [0.5, 0.6) is 0 Å². The minimum atomic E-state index is -1.20. The number of carbonyl (C=O) groups excluding carboxylic acids is 1. The van der Waals surface area contributed by atoms with Gasteiger partial charge in [-0.3, -0.25) is 9.59 Å². The van der Waals surface area contributed by atoms with Crippen LogP contribution in [0.4, 0.5) is 5.69 Å². The molecule has 0 spiro atoms. The first kappa shape index (κ1) is 13.2. The maximum absolute atomic E-state index is 11.4. The smallest absolute Gasteiger partial charge is 0.257 e. The van der Waals surface area contributed by atoms with Crippen molar-refractivity contribution in [2.24, 2.45) is 0 Å². The number of nitrogens with zero attached hydrogens (tertiary/aromatic N) is 1. The lowest BCUT2D eigenvalue weighted by Crippen LogP contribution is -2.10. The van der Waals surface area contributed by atoms with Crippen LogP contribution in [-0.4, -0.2) is 21.0 Å². The lowest BCUT2D eigenvalue weighted by Gasteiger charge is -2.07. The summed E-state index contributed by atoms with van der Waals surface area (Å²) in [6.45, 7) is 0. The Hall–Kier alpha value is -1.83. The van der Waals surface area contributed by atoms with E-state index in [0.717, 1.165) is 0 Å². The van der Waals surface area contributed by atoms with Crippen molar-refractivity contribution in [3.63, 3.8) is 0 Å². The Morgan fingerprint density at radius 1 is 1.35 bits per heavy atom. The lowest BCUT2D eigenvalue weighted by molar-refractivity contribution is -0.123. The Bertz CT molecular complexity index is 762. The SMILES string of the molecule is O=C1Nc2cc(Sc3nccc(=O)[nH]3)c(Cl)cc2C1O. The van der Waals surface area contributed by atoms with Gasteiger partial charge in [0.15, 0.2) is 11.3 Å². The van der Waals surface area contributed by atoms with Crippen LogP contribution in [0.15, 0.2) is 39.2 Å². The third-order valence-corrected chi connectivity index (χ3v) is 4.14. The van der Waals surface area contributed by atoms with E-state index in [1.807, 2.05) is 0 Å². The van der Waals surface area contributed by atoms with Crippen LogP contribution < -0.4 is 10.9 Å². The van der Waals surface area contributed by atoms with Gasteiger partial charge >= 0.3 is 0 Å². The van der Waals surface area contributed by atoms with Crippen LogP contribution in [0.1, 0.15) is 11.7 Å². The van der Waals surface area contributed by atoms with Gasteiger partial charge in [-0.1, -0.05) is 23.4 Å².